The first-order chi connectivity index (χ1) is 6.83. The number of nitrogens with one attached hydrogen (secondary N) is 1. The normalized spacial score (nSPS) is 24.0. The lowest BCUT2D eigenvalue weighted by molar-refractivity contribution is 0.775. The van der Waals surface area contributed by atoms with Gasteiger partial charge in [0.15, 0.2) is 0 Å². The number of nitrogens with zero attached hydrogens (tertiary/aromatic N) is 1. The van der Waals surface area contributed by atoms with Crippen LogP contribution in [0.3, 0.4) is 0 Å². The predicted molar refractivity (Wildman–Crippen MR) is 57.0 cm³/mol. The highest BCUT2D eigenvalue weighted by molar-refractivity contribution is 5.48. The van der Waals surface area contributed by atoms with E-state index in [9.17, 15) is 0 Å². The van der Waals surface area contributed by atoms with Crippen LogP contribution in [0.5, 0.6) is 0 Å². The predicted octanol–water partition coefficient (Wildman–Crippen LogP) is 2.77. The fourth-order valence-corrected chi connectivity index (χ4v) is 1.73. The van der Waals surface area contributed by atoms with Crippen molar-refractivity contribution in [2.45, 2.75) is 25.8 Å². The zero-order chi connectivity index (χ0) is 9.97. The monoisotopic (exact) mass is 186 g/mol. The molecule has 1 aliphatic rings. The lowest BCUT2D eigenvalue weighted by Crippen LogP contribution is -2.03. The largest absolute Gasteiger partial charge is 0.382 e. The lowest BCUT2D eigenvalue weighted by Gasteiger charge is -2.04. The van der Waals surface area contributed by atoms with E-state index in [1.165, 1.54) is 12.8 Å². The number of hydrogen-bond acceptors (Lipinski definition) is 2. The minimum Gasteiger partial charge on any atom is -0.382 e. The molecular formula is C12H14N2. The van der Waals surface area contributed by atoms with Crippen LogP contribution in [-0.2, 0) is 0 Å². The topological polar surface area (TPSA) is 35.8 Å². The van der Waals surface area contributed by atoms with Crippen LogP contribution in [0.1, 0.15) is 25.3 Å². The van der Waals surface area contributed by atoms with E-state index in [0.717, 1.165) is 17.2 Å². The van der Waals surface area contributed by atoms with Gasteiger partial charge in [0.05, 0.1) is 11.6 Å². The molecule has 0 aliphatic heterocycles. The van der Waals surface area contributed by atoms with Crippen molar-refractivity contribution in [1.29, 1.82) is 5.26 Å². The molecule has 72 valence electrons. The van der Waals surface area contributed by atoms with Crippen LogP contribution >= 0.6 is 0 Å². The Morgan fingerprint density at radius 3 is 2.64 bits per heavy atom. The van der Waals surface area contributed by atoms with Gasteiger partial charge in [0.25, 0.3) is 0 Å². The highest BCUT2D eigenvalue weighted by Crippen LogP contribution is 2.35. The van der Waals surface area contributed by atoms with Gasteiger partial charge in [-0.3, -0.25) is 0 Å². The SMILES string of the molecule is CCC1CC1Nc1ccc(C#N)cc1. The maximum absolute atomic E-state index is 8.63. The Kier molecular flexibility index (Phi) is 2.41. The van der Waals surface area contributed by atoms with Gasteiger partial charge in [-0.1, -0.05) is 13.3 Å². The second kappa shape index (κ2) is 3.71. The van der Waals surface area contributed by atoms with Gasteiger partial charge in [-0.05, 0) is 36.6 Å². The number of benzene rings is 1. The molecule has 0 aromatic heterocycles. The Labute approximate surface area is 84.6 Å². The fourth-order valence-electron chi connectivity index (χ4n) is 1.73. The summed E-state index contributed by atoms with van der Waals surface area (Å²) in [6, 6.07) is 10.4. The van der Waals surface area contributed by atoms with Gasteiger partial charge in [-0.25, -0.2) is 0 Å². The third kappa shape index (κ3) is 1.88. The molecule has 2 unspecified atom stereocenters. The third-order valence-corrected chi connectivity index (χ3v) is 2.81. The van der Waals surface area contributed by atoms with Gasteiger partial charge < -0.3 is 5.32 Å². The first-order valence-corrected chi connectivity index (χ1v) is 5.10. The summed E-state index contributed by atoms with van der Waals surface area (Å²) in [4.78, 5) is 0. The molecule has 2 rings (SSSR count). The Morgan fingerprint density at radius 1 is 1.43 bits per heavy atom. The lowest BCUT2D eigenvalue weighted by atomic mass is 10.2. The van der Waals surface area contributed by atoms with Crippen LogP contribution in [0.25, 0.3) is 0 Å². The summed E-state index contributed by atoms with van der Waals surface area (Å²) in [6.45, 7) is 2.23. The molecule has 1 aromatic carbocycles. The Hall–Kier alpha value is -1.49. The molecule has 0 saturated heterocycles. The van der Waals surface area contributed by atoms with Crippen molar-refractivity contribution in [3.05, 3.63) is 29.8 Å². The zero-order valence-corrected chi connectivity index (χ0v) is 8.33. The molecule has 1 aliphatic carbocycles. The molecule has 1 saturated carbocycles. The molecule has 2 heteroatoms. The number of hydrogen-bond donors (Lipinski definition) is 1. The van der Waals surface area contributed by atoms with E-state index in [0.29, 0.717) is 6.04 Å². The molecule has 0 heterocycles. The average molecular weight is 186 g/mol. The second-order valence-corrected chi connectivity index (χ2v) is 3.84. The van der Waals surface area contributed by atoms with Crippen molar-refractivity contribution < 1.29 is 0 Å². The van der Waals surface area contributed by atoms with Crippen LogP contribution < -0.4 is 5.32 Å². The van der Waals surface area contributed by atoms with Gasteiger partial charge >= 0.3 is 0 Å². The summed E-state index contributed by atoms with van der Waals surface area (Å²) >= 11 is 0. The Morgan fingerprint density at radius 2 is 2.14 bits per heavy atom. The maximum atomic E-state index is 8.63. The molecular weight excluding hydrogens is 172 g/mol. The molecule has 2 nitrogen and oxygen atoms in total. The molecule has 0 spiro atoms. The van der Waals surface area contributed by atoms with Crippen LogP contribution in [0.4, 0.5) is 5.69 Å². The van der Waals surface area contributed by atoms with Crippen LogP contribution in [-0.4, -0.2) is 6.04 Å². The smallest absolute Gasteiger partial charge is 0.0991 e. The van der Waals surface area contributed by atoms with Crippen LogP contribution in [0.15, 0.2) is 24.3 Å². The number of anilines is 1. The molecule has 1 N–H and O–H groups in total. The van der Waals surface area contributed by atoms with Crippen molar-refractivity contribution in [2.24, 2.45) is 5.92 Å². The van der Waals surface area contributed by atoms with Gasteiger partial charge in [0, 0.05) is 11.7 Å². The van der Waals surface area contributed by atoms with E-state index in [1.807, 2.05) is 24.3 Å². The molecule has 2 atom stereocenters. The highest BCUT2D eigenvalue weighted by Gasteiger charge is 2.34. The van der Waals surface area contributed by atoms with Crippen LogP contribution in [0, 0.1) is 17.2 Å². The van der Waals surface area contributed by atoms with E-state index < -0.39 is 0 Å². The minimum absolute atomic E-state index is 0.660. The third-order valence-electron chi connectivity index (χ3n) is 2.81. The van der Waals surface area contributed by atoms with Gasteiger partial charge in [-0.2, -0.15) is 5.26 Å². The first kappa shape index (κ1) is 9.08. The van der Waals surface area contributed by atoms with Crippen molar-refractivity contribution in [3.8, 4) is 6.07 Å². The van der Waals surface area contributed by atoms with Crippen LogP contribution in [0.2, 0.25) is 0 Å². The number of nitriles is 1. The van der Waals surface area contributed by atoms with Crippen molar-refractivity contribution in [2.75, 3.05) is 5.32 Å². The average Bonchev–Trinajstić information content (AvgIpc) is 2.98. The number of rotatable bonds is 3. The van der Waals surface area contributed by atoms with Crippen molar-refractivity contribution in [1.82, 2.24) is 0 Å². The fraction of sp³-hybridized carbons (Fsp3) is 0.417. The summed E-state index contributed by atoms with van der Waals surface area (Å²) < 4.78 is 0. The molecule has 0 amide bonds. The van der Waals surface area contributed by atoms with E-state index in [4.69, 9.17) is 5.26 Å². The molecule has 1 aromatic rings. The summed E-state index contributed by atoms with van der Waals surface area (Å²) in [6.07, 6.45) is 2.55. The van der Waals surface area contributed by atoms with E-state index >= 15 is 0 Å². The Bertz CT molecular complexity index is 348. The minimum atomic E-state index is 0.660. The molecule has 14 heavy (non-hydrogen) atoms. The van der Waals surface area contributed by atoms with Gasteiger partial charge in [0.2, 0.25) is 0 Å². The van der Waals surface area contributed by atoms with Crippen molar-refractivity contribution in [3.63, 3.8) is 0 Å². The Balaban J connectivity index is 1.95. The summed E-state index contributed by atoms with van der Waals surface area (Å²) in [5, 5.41) is 12.1. The molecule has 0 radical (unpaired) electrons. The van der Waals surface area contributed by atoms with E-state index in [-0.39, 0.29) is 0 Å². The molecule has 0 bridgehead atoms. The van der Waals surface area contributed by atoms with E-state index in [2.05, 4.69) is 18.3 Å². The van der Waals surface area contributed by atoms with Gasteiger partial charge in [-0.15, -0.1) is 0 Å². The maximum Gasteiger partial charge on any atom is 0.0991 e. The summed E-state index contributed by atoms with van der Waals surface area (Å²) in [7, 11) is 0. The summed E-state index contributed by atoms with van der Waals surface area (Å²) in [5.74, 6) is 0.852. The summed E-state index contributed by atoms with van der Waals surface area (Å²) in [5.41, 5.74) is 1.85. The van der Waals surface area contributed by atoms with E-state index in [1.54, 1.807) is 0 Å². The zero-order valence-electron chi connectivity index (χ0n) is 8.33. The standard InChI is InChI=1S/C12H14N2/c1-2-10-7-12(10)14-11-5-3-9(8-13)4-6-11/h3-6,10,12,14H,2,7H2,1H3. The van der Waals surface area contributed by atoms with Crippen molar-refractivity contribution >= 4 is 5.69 Å². The first-order valence-electron chi connectivity index (χ1n) is 5.10. The highest BCUT2D eigenvalue weighted by atomic mass is 15.0. The second-order valence-electron chi connectivity index (χ2n) is 3.84. The molecule has 1 fully saturated rings. The quantitative estimate of drug-likeness (QED) is 0.787. The van der Waals surface area contributed by atoms with Gasteiger partial charge in [0.1, 0.15) is 0 Å².